The first-order valence-corrected chi connectivity index (χ1v) is 8.00. The van der Waals surface area contributed by atoms with Crippen LogP contribution in [-0.4, -0.2) is 34.1 Å². The Kier molecular flexibility index (Phi) is 4.22. The van der Waals surface area contributed by atoms with Gasteiger partial charge in [-0.3, -0.25) is 9.36 Å². The predicted octanol–water partition coefficient (Wildman–Crippen LogP) is 2.79. The van der Waals surface area contributed by atoms with Gasteiger partial charge in [0.1, 0.15) is 0 Å². The average Bonchev–Trinajstić information content (AvgIpc) is 2.96. The summed E-state index contributed by atoms with van der Waals surface area (Å²) >= 11 is 5.36. The number of hydrogen-bond donors (Lipinski definition) is 1. The highest BCUT2D eigenvalue weighted by Gasteiger charge is 2.16. The van der Waals surface area contributed by atoms with Crippen molar-refractivity contribution in [3.05, 3.63) is 39.4 Å². The topological polar surface area (TPSA) is 41.0 Å². The molecule has 1 N–H and O–H groups in total. The van der Waals surface area contributed by atoms with Gasteiger partial charge in [-0.25, -0.2) is 0 Å². The molecule has 3 rings (SSSR count). The van der Waals surface area contributed by atoms with E-state index in [4.69, 9.17) is 12.2 Å². The molecule has 2 heterocycles. The first-order valence-electron chi connectivity index (χ1n) is 7.59. The molecule has 0 amide bonds. The molecule has 0 spiro atoms. The summed E-state index contributed by atoms with van der Waals surface area (Å²) in [5, 5.41) is 0.708. The van der Waals surface area contributed by atoms with Gasteiger partial charge >= 0.3 is 0 Å². The Hall–Kier alpha value is -1.46. The third kappa shape index (κ3) is 3.09. The predicted molar refractivity (Wildman–Crippen MR) is 88.2 cm³/mol. The quantitative estimate of drug-likeness (QED) is 0.883. The number of H-pyrrole nitrogens is 1. The van der Waals surface area contributed by atoms with Crippen LogP contribution in [0.4, 0.5) is 0 Å². The van der Waals surface area contributed by atoms with Crippen LogP contribution in [0.5, 0.6) is 0 Å². The van der Waals surface area contributed by atoms with E-state index in [1.807, 2.05) is 24.3 Å². The van der Waals surface area contributed by atoms with Gasteiger partial charge in [-0.15, -0.1) is 0 Å². The van der Waals surface area contributed by atoms with Gasteiger partial charge in [0.2, 0.25) is 0 Å². The van der Waals surface area contributed by atoms with Gasteiger partial charge in [0.25, 0.3) is 5.56 Å². The van der Waals surface area contributed by atoms with Crippen molar-refractivity contribution < 1.29 is 0 Å². The number of nitrogens with zero attached hydrogens (tertiary/aromatic N) is 2. The SMILES string of the molecule is CC(CN1CCCC1)Cn1c(=S)[nH]c2ccccc2c1=O. The second-order valence-electron chi connectivity index (χ2n) is 6.00. The largest absolute Gasteiger partial charge is 0.332 e. The molecule has 0 saturated carbocycles. The Labute approximate surface area is 129 Å². The summed E-state index contributed by atoms with van der Waals surface area (Å²) in [7, 11) is 0. The molecule has 21 heavy (non-hydrogen) atoms. The number of aromatic amines is 1. The second-order valence-corrected chi connectivity index (χ2v) is 6.39. The number of fused-ring (bicyclic) bond motifs is 1. The van der Waals surface area contributed by atoms with Crippen molar-refractivity contribution in [3.8, 4) is 0 Å². The fourth-order valence-corrected chi connectivity index (χ4v) is 3.41. The van der Waals surface area contributed by atoms with Crippen molar-refractivity contribution in [2.75, 3.05) is 19.6 Å². The van der Waals surface area contributed by atoms with E-state index in [2.05, 4.69) is 16.8 Å². The summed E-state index contributed by atoms with van der Waals surface area (Å²) in [6.07, 6.45) is 2.59. The van der Waals surface area contributed by atoms with Gasteiger partial charge in [-0.1, -0.05) is 19.1 Å². The normalized spacial score (nSPS) is 17.4. The van der Waals surface area contributed by atoms with Crippen molar-refractivity contribution in [1.82, 2.24) is 14.5 Å². The monoisotopic (exact) mass is 303 g/mol. The van der Waals surface area contributed by atoms with Crippen molar-refractivity contribution in [3.63, 3.8) is 0 Å². The Bertz CT molecular complexity index is 743. The van der Waals surface area contributed by atoms with Crippen molar-refractivity contribution in [1.29, 1.82) is 0 Å². The molecule has 4 nitrogen and oxygen atoms in total. The maximum absolute atomic E-state index is 12.6. The number of aromatic nitrogens is 2. The Balaban J connectivity index is 1.86. The standard InChI is InChI=1S/C16H21N3OS/c1-12(10-18-8-4-5-9-18)11-19-15(20)13-6-2-3-7-14(13)17-16(19)21/h2-3,6-7,12H,4-5,8-11H2,1H3,(H,17,21). The molecule has 0 bridgehead atoms. The van der Waals surface area contributed by atoms with E-state index in [1.165, 1.54) is 25.9 Å². The lowest BCUT2D eigenvalue weighted by Crippen LogP contribution is -2.31. The zero-order valence-electron chi connectivity index (χ0n) is 12.3. The van der Waals surface area contributed by atoms with E-state index in [-0.39, 0.29) is 5.56 Å². The Morgan fingerprint density at radius 2 is 1.95 bits per heavy atom. The molecule has 5 heteroatoms. The fourth-order valence-electron chi connectivity index (χ4n) is 3.14. The minimum absolute atomic E-state index is 0.0163. The zero-order chi connectivity index (χ0) is 14.8. The number of rotatable bonds is 4. The lowest BCUT2D eigenvalue weighted by molar-refractivity contribution is 0.269. The van der Waals surface area contributed by atoms with Gasteiger partial charge in [-0.05, 0) is 56.2 Å². The summed E-state index contributed by atoms with van der Waals surface area (Å²) in [5.41, 5.74) is 0.832. The number of nitrogens with one attached hydrogen (secondary N) is 1. The molecule has 1 unspecified atom stereocenters. The van der Waals surface area contributed by atoms with E-state index < -0.39 is 0 Å². The summed E-state index contributed by atoms with van der Waals surface area (Å²) in [6.45, 7) is 6.27. The van der Waals surface area contributed by atoms with Crippen LogP contribution >= 0.6 is 12.2 Å². The smallest absolute Gasteiger partial charge is 0.262 e. The second kappa shape index (κ2) is 6.12. The van der Waals surface area contributed by atoms with E-state index in [0.29, 0.717) is 22.6 Å². The molecule has 1 atom stereocenters. The van der Waals surface area contributed by atoms with Crippen LogP contribution in [0.3, 0.4) is 0 Å². The molecule has 1 aliphatic rings. The molecule has 112 valence electrons. The van der Waals surface area contributed by atoms with Crippen molar-refractivity contribution in [2.45, 2.75) is 26.3 Å². The van der Waals surface area contributed by atoms with Crippen LogP contribution in [0, 0.1) is 10.7 Å². The summed E-state index contributed by atoms with van der Waals surface area (Å²) in [6, 6.07) is 7.54. The summed E-state index contributed by atoms with van der Waals surface area (Å²) in [4.78, 5) is 18.2. The minimum Gasteiger partial charge on any atom is -0.332 e. The highest BCUT2D eigenvalue weighted by atomic mass is 32.1. The van der Waals surface area contributed by atoms with Crippen LogP contribution in [0.1, 0.15) is 19.8 Å². The van der Waals surface area contributed by atoms with E-state index >= 15 is 0 Å². The zero-order valence-corrected chi connectivity index (χ0v) is 13.2. The molecular weight excluding hydrogens is 282 g/mol. The molecule has 0 radical (unpaired) electrons. The molecule has 1 aromatic carbocycles. The summed E-state index contributed by atoms with van der Waals surface area (Å²) in [5.74, 6) is 0.414. The van der Waals surface area contributed by atoms with Gasteiger partial charge < -0.3 is 9.88 Å². The molecule has 1 saturated heterocycles. The van der Waals surface area contributed by atoms with E-state index in [1.54, 1.807) is 4.57 Å². The molecule has 1 aliphatic heterocycles. The highest BCUT2D eigenvalue weighted by molar-refractivity contribution is 7.71. The molecular formula is C16H21N3OS. The minimum atomic E-state index is 0.0163. The van der Waals surface area contributed by atoms with Crippen LogP contribution in [-0.2, 0) is 6.54 Å². The molecule has 1 fully saturated rings. The summed E-state index contributed by atoms with van der Waals surface area (Å²) < 4.78 is 2.23. The maximum Gasteiger partial charge on any atom is 0.262 e. The van der Waals surface area contributed by atoms with Crippen LogP contribution in [0.2, 0.25) is 0 Å². The fraction of sp³-hybridized carbons (Fsp3) is 0.500. The maximum atomic E-state index is 12.6. The molecule has 2 aromatic rings. The first kappa shape index (κ1) is 14.5. The molecule has 0 aliphatic carbocycles. The van der Waals surface area contributed by atoms with Gasteiger partial charge in [0.05, 0.1) is 10.9 Å². The number of likely N-dealkylation sites (tertiary alicyclic amines) is 1. The number of hydrogen-bond acceptors (Lipinski definition) is 3. The van der Waals surface area contributed by atoms with Crippen molar-refractivity contribution in [2.24, 2.45) is 5.92 Å². The van der Waals surface area contributed by atoms with Crippen LogP contribution in [0.25, 0.3) is 10.9 Å². The third-order valence-corrected chi connectivity index (χ3v) is 4.47. The third-order valence-electron chi connectivity index (χ3n) is 4.15. The highest BCUT2D eigenvalue weighted by Crippen LogP contribution is 2.12. The van der Waals surface area contributed by atoms with Gasteiger partial charge in [0, 0.05) is 13.1 Å². The number of benzene rings is 1. The first-order chi connectivity index (χ1) is 10.1. The average molecular weight is 303 g/mol. The lowest BCUT2D eigenvalue weighted by atomic mass is 10.1. The van der Waals surface area contributed by atoms with E-state index in [9.17, 15) is 4.79 Å². The Morgan fingerprint density at radius 1 is 1.24 bits per heavy atom. The van der Waals surface area contributed by atoms with Gasteiger partial charge in [0.15, 0.2) is 4.77 Å². The van der Waals surface area contributed by atoms with Crippen LogP contribution in [0.15, 0.2) is 29.1 Å². The van der Waals surface area contributed by atoms with E-state index in [0.717, 1.165) is 12.1 Å². The van der Waals surface area contributed by atoms with Crippen molar-refractivity contribution >= 4 is 23.1 Å². The lowest BCUT2D eigenvalue weighted by Gasteiger charge is -2.21. The van der Waals surface area contributed by atoms with Gasteiger partial charge in [-0.2, -0.15) is 0 Å². The number of para-hydroxylation sites is 1. The Morgan fingerprint density at radius 3 is 2.71 bits per heavy atom. The molecule has 1 aromatic heterocycles. The van der Waals surface area contributed by atoms with Crippen LogP contribution < -0.4 is 5.56 Å².